The number of hydrogen-bond donors (Lipinski definition) is 0. The van der Waals surface area contributed by atoms with Gasteiger partial charge in [-0.25, -0.2) is 4.98 Å². The molecule has 140 valence electrons. The lowest BCUT2D eigenvalue weighted by Gasteiger charge is -2.26. The Morgan fingerprint density at radius 2 is 2.15 bits per heavy atom. The molecule has 1 amide bonds. The standard InChI is InChI=1S/C20H20N2O3S2/c1-24-13-7-8-14(16(11-13)25-2)15-5-3-9-22(15)20(23)18-12-21-19(27-18)17-6-4-10-26-17/h4,6-8,10-12,15H,3,5,9H2,1-2H3. The number of nitrogens with zero attached hydrogens (tertiary/aromatic N) is 2. The van der Waals surface area contributed by atoms with Crippen molar-refractivity contribution in [2.24, 2.45) is 0 Å². The molecule has 5 nitrogen and oxygen atoms in total. The van der Waals surface area contributed by atoms with Gasteiger partial charge in [-0.2, -0.15) is 0 Å². The van der Waals surface area contributed by atoms with Crippen LogP contribution in [-0.2, 0) is 0 Å². The van der Waals surface area contributed by atoms with E-state index in [2.05, 4.69) is 4.98 Å². The minimum Gasteiger partial charge on any atom is -0.497 e. The first-order valence-electron chi connectivity index (χ1n) is 8.74. The van der Waals surface area contributed by atoms with Gasteiger partial charge in [0.15, 0.2) is 0 Å². The van der Waals surface area contributed by atoms with Crippen LogP contribution in [0, 0.1) is 0 Å². The number of thiazole rings is 1. The van der Waals surface area contributed by atoms with Crippen molar-refractivity contribution in [2.45, 2.75) is 18.9 Å². The Morgan fingerprint density at radius 1 is 1.26 bits per heavy atom. The third-order valence-corrected chi connectivity index (χ3v) is 6.79. The summed E-state index contributed by atoms with van der Waals surface area (Å²) >= 11 is 3.09. The van der Waals surface area contributed by atoms with Crippen molar-refractivity contribution in [1.82, 2.24) is 9.88 Å². The molecular formula is C20H20N2O3S2. The predicted octanol–water partition coefficient (Wildman–Crippen LogP) is 4.87. The molecule has 1 atom stereocenters. The highest BCUT2D eigenvalue weighted by Gasteiger charge is 2.33. The number of amides is 1. The molecule has 1 aromatic carbocycles. The van der Waals surface area contributed by atoms with E-state index in [0.717, 1.165) is 46.3 Å². The number of rotatable bonds is 5. The van der Waals surface area contributed by atoms with Crippen LogP contribution in [0.2, 0.25) is 0 Å². The Hall–Kier alpha value is -2.38. The molecule has 1 aliphatic rings. The molecule has 0 bridgehead atoms. The van der Waals surface area contributed by atoms with Gasteiger partial charge in [-0.1, -0.05) is 6.07 Å². The lowest BCUT2D eigenvalue weighted by molar-refractivity contribution is 0.0739. The number of carbonyl (C=O) groups is 1. The van der Waals surface area contributed by atoms with Gasteiger partial charge in [-0.05, 0) is 36.4 Å². The average molecular weight is 401 g/mol. The summed E-state index contributed by atoms with van der Waals surface area (Å²) in [5.41, 5.74) is 1.02. The number of ether oxygens (including phenoxy) is 2. The first-order chi connectivity index (χ1) is 13.2. The van der Waals surface area contributed by atoms with Crippen molar-refractivity contribution in [1.29, 1.82) is 0 Å². The van der Waals surface area contributed by atoms with Crippen LogP contribution in [0.25, 0.3) is 9.88 Å². The molecule has 0 aliphatic carbocycles. The molecule has 3 aromatic rings. The highest BCUT2D eigenvalue weighted by Crippen LogP contribution is 2.40. The third kappa shape index (κ3) is 3.44. The number of methoxy groups -OCH3 is 2. The van der Waals surface area contributed by atoms with Crippen LogP contribution in [-0.4, -0.2) is 36.6 Å². The first-order valence-corrected chi connectivity index (χ1v) is 10.4. The van der Waals surface area contributed by atoms with E-state index in [9.17, 15) is 4.79 Å². The second kappa shape index (κ2) is 7.70. The van der Waals surface area contributed by atoms with E-state index in [1.807, 2.05) is 40.6 Å². The van der Waals surface area contributed by atoms with Crippen LogP contribution < -0.4 is 9.47 Å². The molecule has 0 spiro atoms. The number of hydrogen-bond acceptors (Lipinski definition) is 6. The van der Waals surface area contributed by atoms with Gasteiger partial charge in [0.25, 0.3) is 5.91 Å². The van der Waals surface area contributed by atoms with Gasteiger partial charge in [0.2, 0.25) is 0 Å². The molecule has 1 fully saturated rings. The van der Waals surface area contributed by atoms with Gasteiger partial charge >= 0.3 is 0 Å². The van der Waals surface area contributed by atoms with Crippen molar-refractivity contribution in [2.75, 3.05) is 20.8 Å². The molecule has 2 aromatic heterocycles. The number of aromatic nitrogens is 1. The van der Waals surface area contributed by atoms with Crippen LogP contribution in [0.5, 0.6) is 11.5 Å². The maximum Gasteiger partial charge on any atom is 0.266 e. The quantitative estimate of drug-likeness (QED) is 0.613. The summed E-state index contributed by atoms with van der Waals surface area (Å²) in [5.74, 6) is 1.54. The molecule has 7 heteroatoms. The highest BCUT2D eigenvalue weighted by atomic mass is 32.1. The van der Waals surface area contributed by atoms with Gasteiger partial charge in [-0.15, -0.1) is 22.7 Å². The van der Waals surface area contributed by atoms with E-state index < -0.39 is 0 Å². The Bertz CT molecular complexity index is 937. The van der Waals surface area contributed by atoms with Gasteiger partial charge in [0.05, 0.1) is 31.3 Å². The highest BCUT2D eigenvalue weighted by molar-refractivity contribution is 7.21. The first kappa shape index (κ1) is 18.0. The molecule has 1 unspecified atom stereocenters. The minimum absolute atomic E-state index is 0.00523. The van der Waals surface area contributed by atoms with E-state index in [4.69, 9.17) is 9.47 Å². The van der Waals surface area contributed by atoms with Crippen molar-refractivity contribution in [3.05, 3.63) is 52.3 Å². The molecular weight excluding hydrogens is 380 g/mol. The van der Waals surface area contributed by atoms with Crippen LogP contribution in [0.3, 0.4) is 0 Å². The zero-order chi connectivity index (χ0) is 18.8. The van der Waals surface area contributed by atoms with Crippen molar-refractivity contribution in [3.8, 4) is 21.4 Å². The summed E-state index contributed by atoms with van der Waals surface area (Å²) in [6, 6.07) is 9.81. The third-order valence-electron chi connectivity index (χ3n) is 4.76. The topological polar surface area (TPSA) is 51.7 Å². The smallest absolute Gasteiger partial charge is 0.266 e. The lowest BCUT2D eigenvalue weighted by Crippen LogP contribution is -2.30. The van der Waals surface area contributed by atoms with Crippen LogP contribution in [0.1, 0.15) is 34.1 Å². The van der Waals surface area contributed by atoms with Crippen LogP contribution in [0.4, 0.5) is 0 Å². The van der Waals surface area contributed by atoms with E-state index in [1.54, 1.807) is 31.8 Å². The fourth-order valence-electron chi connectivity index (χ4n) is 3.46. The number of benzene rings is 1. The van der Waals surface area contributed by atoms with Gasteiger partial charge in [-0.3, -0.25) is 4.79 Å². The summed E-state index contributed by atoms with van der Waals surface area (Å²) in [5, 5.41) is 2.91. The Balaban J connectivity index is 1.61. The summed E-state index contributed by atoms with van der Waals surface area (Å²) in [6.07, 6.45) is 3.59. The molecule has 0 saturated carbocycles. The van der Waals surface area contributed by atoms with E-state index in [-0.39, 0.29) is 11.9 Å². The number of thiophene rings is 1. The summed E-state index contributed by atoms with van der Waals surface area (Å²) in [4.78, 5) is 21.3. The fourth-order valence-corrected chi connectivity index (χ4v) is 5.13. The summed E-state index contributed by atoms with van der Waals surface area (Å²) in [7, 11) is 3.28. The van der Waals surface area contributed by atoms with Gasteiger partial charge in [0.1, 0.15) is 21.4 Å². The normalized spacial score (nSPS) is 16.5. The Labute approximate surface area is 166 Å². The molecule has 27 heavy (non-hydrogen) atoms. The predicted molar refractivity (Wildman–Crippen MR) is 108 cm³/mol. The second-order valence-electron chi connectivity index (χ2n) is 6.27. The maximum absolute atomic E-state index is 13.2. The lowest BCUT2D eigenvalue weighted by atomic mass is 10.0. The van der Waals surface area contributed by atoms with E-state index in [1.165, 1.54) is 11.3 Å². The molecule has 0 radical (unpaired) electrons. The molecule has 4 rings (SSSR count). The largest absolute Gasteiger partial charge is 0.497 e. The SMILES string of the molecule is COc1ccc(C2CCCN2C(=O)c2cnc(-c3cccs3)s2)c(OC)c1. The average Bonchev–Trinajstić information content (AvgIpc) is 3.47. The summed E-state index contributed by atoms with van der Waals surface area (Å²) in [6.45, 7) is 0.741. The number of likely N-dealkylation sites (tertiary alicyclic amines) is 1. The molecule has 3 heterocycles. The van der Waals surface area contributed by atoms with Crippen LogP contribution >= 0.6 is 22.7 Å². The fraction of sp³-hybridized carbons (Fsp3) is 0.300. The molecule has 1 aliphatic heterocycles. The molecule has 1 saturated heterocycles. The Morgan fingerprint density at radius 3 is 2.89 bits per heavy atom. The van der Waals surface area contributed by atoms with Gasteiger partial charge < -0.3 is 14.4 Å². The number of carbonyl (C=O) groups excluding carboxylic acids is 1. The second-order valence-corrected chi connectivity index (χ2v) is 8.25. The van der Waals surface area contributed by atoms with Crippen molar-refractivity contribution >= 4 is 28.6 Å². The zero-order valence-corrected chi connectivity index (χ0v) is 16.8. The van der Waals surface area contributed by atoms with Crippen molar-refractivity contribution in [3.63, 3.8) is 0 Å². The monoisotopic (exact) mass is 400 g/mol. The maximum atomic E-state index is 13.2. The zero-order valence-electron chi connectivity index (χ0n) is 15.2. The van der Waals surface area contributed by atoms with E-state index in [0.29, 0.717) is 4.88 Å². The van der Waals surface area contributed by atoms with Gasteiger partial charge in [0, 0.05) is 18.2 Å². The molecule has 0 N–H and O–H groups in total. The van der Waals surface area contributed by atoms with E-state index >= 15 is 0 Å². The summed E-state index contributed by atoms with van der Waals surface area (Å²) < 4.78 is 10.9. The minimum atomic E-state index is 0.00523. The Kier molecular flexibility index (Phi) is 5.13. The van der Waals surface area contributed by atoms with Crippen molar-refractivity contribution < 1.29 is 14.3 Å². The van der Waals surface area contributed by atoms with Crippen LogP contribution in [0.15, 0.2) is 41.9 Å².